The highest BCUT2D eigenvalue weighted by molar-refractivity contribution is 7.89. The number of H-pyrrole nitrogens is 1. The molecule has 0 spiro atoms. The van der Waals surface area contributed by atoms with E-state index in [1.807, 2.05) is 0 Å². The van der Waals surface area contributed by atoms with Crippen molar-refractivity contribution in [3.05, 3.63) is 57.4 Å². The number of aromatic amines is 1. The number of hydrogen-bond donors (Lipinski definition) is 2. The maximum atomic E-state index is 12.1. The third kappa shape index (κ3) is 3.16. The number of halogens is 1. The van der Waals surface area contributed by atoms with Crippen molar-refractivity contribution in [1.82, 2.24) is 9.71 Å². The van der Waals surface area contributed by atoms with Crippen LogP contribution in [0.25, 0.3) is 0 Å². The lowest BCUT2D eigenvalue weighted by Gasteiger charge is -2.07. The Morgan fingerprint density at radius 3 is 2.65 bits per heavy atom. The Hall–Kier alpha value is -1.90. The summed E-state index contributed by atoms with van der Waals surface area (Å²) in [6.07, 6.45) is 3.32. The molecule has 7 nitrogen and oxygen atoms in total. The van der Waals surface area contributed by atoms with Gasteiger partial charge in [-0.05, 0) is 17.7 Å². The molecule has 0 bridgehead atoms. The first kappa shape index (κ1) is 14.5. The Kier molecular flexibility index (Phi) is 4.07. The Morgan fingerprint density at radius 1 is 1.35 bits per heavy atom. The maximum absolute atomic E-state index is 12.1. The smallest absolute Gasteiger partial charge is 0.271 e. The van der Waals surface area contributed by atoms with Crippen LogP contribution in [0.2, 0.25) is 5.02 Å². The van der Waals surface area contributed by atoms with Gasteiger partial charge < -0.3 is 4.98 Å². The number of nitro groups is 1. The summed E-state index contributed by atoms with van der Waals surface area (Å²) in [6.45, 7) is 0.0964. The first-order valence-electron chi connectivity index (χ1n) is 5.45. The summed E-state index contributed by atoms with van der Waals surface area (Å²) in [5.74, 6) is 0. The van der Waals surface area contributed by atoms with E-state index in [2.05, 4.69) is 9.71 Å². The Morgan fingerprint density at radius 2 is 2.10 bits per heavy atom. The summed E-state index contributed by atoms with van der Waals surface area (Å²) in [5.41, 5.74) is 0.492. The second-order valence-electron chi connectivity index (χ2n) is 3.92. The minimum atomic E-state index is -3.83. The van der Waals surface area contributed by atoms with Crippen LogP contribution in [0.1, 0.15) is 5.56 Å². The minimum absolute atomic E-state index is 0.0964. The Bertz CT molecular complexity index is 728. The van der Waals surface area contributed by atoms with Crippen LogP contribution in [-0.2, 0) is 16.6 Å². The van der Waals surface area contributed by atoms with Crippen molar-refractivity contribution < 1.29 is 13.3 Å². The summed E-state index contributed by atoms with van der Waals surface area (Å²) < 4.78 is 26.5. The van der Waals surface area contributed by atoms with Crippen LogP contribution in [0.15, 0.2) is 41.6 Å². The molecule has 2 N–H and O–H groups in total. The predicted octanol–water partition coefficient (Wildman–Crippen LogP) is 2.05. The number of sulfonamides is 1. The normalized spacial score (nSPS) is 11.4. The van der Waals surface area contributed by atoms with Gasteiger partial charge in [-0.25, -0.2) is 13.1 Å². The second kappa shape index (κ2) is 5.61. The Labute approximate surface area is 119 Å². The SMILES string of the molecule is O=[N+]([O-])c1ccc(S(=O)(=O)NCc2cc[nH]c2)c(Cl)c1. The molecule has 0 aliphatic rings. The quantitative estimate of drug-likeness (QED) is 0.650. The predicted molar refractivity (Wildman–Crippen MR) is 72.9 cm³/mol. The van der Waals surface area contributed by atoms with Crippen molar-refractivity contribution >= 4 is 27.3 Å². The molecule has 0 aliphatic carbocycles. The second-order valence-corrected chi connectivity index (χ2v) is 6.06. The van der Waals surface area contributed by atoms with E-state index in [-0.39, 0.29) is 22.2 Å². The summed E-state index contributed by atoms with van der Waals surface area (Å²) in [6, 6.07) is 4.93. The lowest BCUT2D eigenvalue weighted by atomic mass is 10.3. The molecule has 0 aliphatic heterocycles. The number of aromatic nitrogens is 1. The van der Waals surface area contributed by atoms with Crippen molar-refractivity contribution in [2.75, 3.05) is 0 Å². The van der Waals surface area contributed by atoms with E-state index in [0.717, 1.165) is 23.8 Å². The van der Waals surface area contributed by atoms with Crippen molar-refractivity contribution in [2.24, 2.45) is 0 Å². The van der Waals surface area contributed by atoms with Gasteiger partial charge >= 0.3 is 0 Å². The number of nitrogens with one attached hydrogen (secondary N) is 2. The fourth-order valence-corrected chi connectivity index (χ4v) is 3.10. The summed E-state index contributed by atoms with van der Waals surface area (Å²) in [5, 5.41) is 10.4. The van der Waals surface area contributed by atoms with E-state index in [0.29, 0.717) is 0 Å². The van der Waals surface area contributed by atoms with E-state index < -0.39 is 14.9 Å². The molecule has 0 unspecified atom stereocenters. The average Bonchev–Trinajstić information content (AvgIpc) is 2.89. The van der Waals surface area contributed by atoms with Crippen molar-refractivity contribution in [3.8, 4) is 0 Å². The van der Waals surface area contributed by atoms with Gasteiger partial charge in [-0.2, -0.15) is 0 Å². The summed E-state index contributed by atoms with van der Waals surface area (Å²) >= 11 is 5.79. The number of rotatable bonds is 5. The van der Waals surface area contributed by atoms with Crippen LogP contribution in [-0.4, -0.2) is 18.3 Å². The van der Waals surface area contributed by atoms with Gasteiger partial charge in [0.2, 0.25) is 10.0 Å². The summed E-state index contributed by atoms with van der Waals surface area (Å²) in [7, 11) is -3.83. The van der Waals surface area contributed by atoms with Crippen molar-refractivity contribution in [1.29, 1.82) is 0 Å². The zero-order chi connectivity index (χ0) is 14.8. The van der Waals surface area contributed by atoms with Crippen LogP contribution < -0.4 is 4.72 Å². The maximum Gasteiger partial charge on any atom is 0.271 e. The van der Waals surface area contributed by atoms with Gasteiger partial charge in [-0.15, -0.1) is 0 Å². The van der Waals surface area contributed by atoms with E-state index in [1.165, 1.54) is 0 Å². The van der Waals surface area contributed by atoms with Gasteiger partial charge in [0.1, 0.15) is 4.90 Å². The van der Waals surface area contributed by atoms with Gasteiger partial charge in [0.05, 0.1) is 9.95 Å². The Balaban J connectivity index is 2.23. The van der Waals surface area contributed by atoms with Crippen LogP contribution in [0.3, 0.4) is 0 Å². The molecular formula is C11H10ClN3O4S. The van der Waals surface area contributed by atoms with Crippen LogP contribution >= 0.6 is 11.6 Å². The first-order valence-corrected chi connectivity index (χ1v) is 7.31. The average molecular weight is 316 g/mol. The molecular weight excluding hydrogens is 306 g/mol. The highest BCUT2D eigenvalue weighted by Gasteiger charge is 2.20. The molecule has 20 heavy (non-hydrogen) atoms. The van der Waals surface area contributed by atoms with Gasteiger partial charge in [0, 0.05) is 31.1 Å². The monoisotopic (exact) mass is 315 g/mol. The molecule has 0 saturated carbocycles. The van der Waals surface area contributed by atoms with Crippen LogP contribution in [0, 0.1) is 10.1 Å². The molecule has 1 aromatic carbocycles. The lowest BCUT2D eigenvalue weighted by Crippen LogP contribution is -2.23. The third-order valence-electron chi connectivity index (χ3n) is 2.54. The van der Waals surface area contributed by atoms with E-state index >= 15 is 0 Å². The topological polar surface area (TPSA) is 105 Å². The highest BCUT2D eigenvalue weighted by atomic mass is 35.5. The van der Waals surface area contributed by atoms with Gasteiger partial charge in [-0.1, -0.05) is 11.6 Å². The minimum Gasteiger partial charge on any atom is -0.367 e. The molecule has 0 amide bonds. The van der Waals surface area contributed by atoms with E-state index in [9.17, 15) is 18.5 Å². The molecule has 1 aromatic heterocycles. The number of nitrogens with zero attached hydrogens (tertiary/aromatic N) is 1. The lowest BCUT2D eigenvalue weighted by molar-refractivity contribution is -0.384. The summed E-state index contributed by atoms with van der Waals surface area (Å²) in [4.78, 5) is 12.5. The molecule has 9 heteroatoms. The zero-order valence-electron chi connectivity index (χ0n) is 10.0. The molecule has 0 atom stereocenters. The van der Waals surface area contributed by atoms with E-state index in [1.54, 1.807) is 18.5 Å². The van der Waals surface area contributed by atoms with Crippen LogP contribution in [0.4, 0.5) is 5.69 Å². The van der Waals surface area contributed by atoms with Crippen molar-refractivity contribution in [3.63, 3.8) is 0 Å². The van der Waals surface area contributed by atoms with Crippen LogP contribution in [0.5, 0.6) is 0 Å². The van der Waals surface area contributed by atoms with E-state index in [4.69, 9.17) is 11.6 Å². The molecule has 1 heterocycles. The number of non-ortho nitro benzene ring substituents is 1. The fraction of sp³-hybridized carbons (Fsp3) is 0.0909. The van der Waals surface area contributed by atoms with Gasteiger partial charge in [0.15, 0.2) is 0 Å². The first-order chi connectivity index (χ1) is 9.40. The van der Waals surface area contributed by atoms with Gasteiger partial charge in [-0.3, -0.25) is 10.1 Å². The molecule has 0 radical (unpaired) electrons. The third-order valence-corrected chi connectivity index (χ3v) is 4.43. The largest absolute Gasteiger partial charge is 0.367 e. The zero-order valence-corrected chi connectivity index (χ0v) is 11.6. The number of benzene rings is 1. The number of hydrogen-bond acceptors (Lipinski definition) is 4. The fourth-order valence-electron chi connectivity index (χ4n) is 1.55. The molecule has 0 fully saturated rings. The standard InChI is InChI=1S/C11H10ClN3O4S/c12-10-5-9(15(16)17)1-2-11(10)20(18,19)14-7-8-3-4-13-6-8/h1-6,13-14H,7H2. The number of nitro benzene ring substituents is 1. The molecule has 0 saturated heterocycles. The highest BCUT2D eigenvalue weighted by Crippen LogP contribution is 2.26. The molecule has 106 valence electrons. The van der Waals surface area contributed by atoms with Crippen molar-refractivity contribution in [2.45, 2.75) is 11.4 Å². The molecule has 2 aromatic rings. The molecule has 2 rings (SSSR count). The van der Waals surface area contributed by atoms with Gasteiger partial charge in [0.25, 0.3) is 5.69 Å².